The minimum atomic E-state index is -1.24. The van der Waals surface area contributed by atoms with E-state index in [1.165, 1.54) is 6.92 Å². The number of carboxylic acids is 1. The Morgan fingerprint density at radius 1 is 1.38 bits per heavy atom. The summed E-state index contributed by atoms with van der Waals surface area (Å²) in [6.07, 6.45) is 0. The van der Waals surface area contributed by atoms with E-state index >= 15 is 0 Å². The number of aromatic nitrogens is 1. The molecule has 6 nitrogen and oxygen atoms in total. The van der Waals surface area contributed by atoms with Gasteiger partial charge in [-0.2, -0.15) is 0 Å². The van der Waals surface area contributed by atoms with Crippen LogP contribution in [0.4, 0.5) is 0 Å². The highest BCUT2D eigenvalue weighted by Gasteiger charge is 2.24. The number of ether oxygens (including phenoxy) is 2. The predicted molar refractivity (Wildman–Crippen MR) is 75.6 cm³/mol. The number of carbonyl (C=O) groups excluding carboxylic acids is 1. The van der Waals surface area contributed by atoms with E-state index < -0.39 is 5.97 Å². The van der Waals surface area contributed by atoms with Crippen molar-refractivity contribution in [3.63, 3.8) is 0 Å². The molecule has 1 aromatic heterocycles. The molecule has 1 aliphatic rings. The minimum absolute atomic E-state index is 0.0788. The molecule has 0 bridgehead atoms. The summed E-state index contributed by atoms with van der Waals surface area (Å²) in [5, 5.41) is 9.84. The Kier molecular flexibility index (Phi) is 3.30. The normalized spacial score (nSPS) is 12.5. The molecule has 0 unspecified atom stereocenters. The molecule has 1 N–H and O–H groups in total. The largest absolute Gasteiger partial charge is 0.476 e. The average molecular weight is 326 g/mol. The maximum absolute atomic E-state index is 11.5. The molecule has 0 spiro atoms. The second-order valence-electron chi connectivity index (χ2n) is 4.25. The molecule has 2 heterocycles. The molecular formula is C13H8ClNO5S. The van der Waals surface area contributed by atoms with Crippen LogP contribution in [-0.4, -0.2) is 28.6 Å². The number of Topliss-reactive ketones (excluding diaryl/α,β-unsaturated/α-hetero) is 1. The van der Waals surface area contributed by atoms with Crippen LogP contribution in [0.25, 0.3) is 10.6 Å². The van der Waals surface area contributed by atoms with Crippen molar-refractivity contribution >= 4 is 34.7 Å². The smallest absolute Gasteiger partial charge is 0.356 e. The maximum Gasteiger partial charge on any atom is 0.356 e. The average Bonchev–Trinajstić information content (AvgIpc) is 3.05. The van der Waals surface area contributed by atoms with Crippen molar-refractivity contribution in [1.82, 2.24) is 4.98 Å². The van der Waals surface area contributed by atoms with Gasteiger partial charge < -0.3 is 14.6 Å². The van der Waals surface area contributed by atoms with Crippen LogP contribution >= 0.6 is 22.9 Å². The van der Waals surface area contributed by atoms with Crippen molar-refractivity contribution in [1.29, 1.82) is 0 Å². The number of benzene rings is 1. The fourth-order valence-corrected chi connectivity index (χ4v) is 3.12. The number of carboxylic acid groups (broad SMARTS) is 1. The van der Waals surface area contributed by atoms with E-state index in [9.17, 15) is 9.59 Å². The lowest BCUT2D eigenvalue weighted by Gasteiger charge is -2.02. The molecule has 21 heavy (non-hydrogen) atoms. The standard InChI is InChI=1S/C13H8ClNO5S/c1-5(16)11-9(13(17)18)15-12(21-11)6-2-7(14)10-8(3-6)19-4-20-10/h2-3H,4H2,1H3,(H,17,18). The maximum atomic E-state index is 11.5. The van der Waals surface area contributed by atoms with E-state index in [1.807, 2.05) is 0 Å². The van der Waals surface area contributed by atoms with Gasteiger partial charge >= 0.3 is 5.97 Å². The summed E-state index contributed by atoms with van der Waals surface area (Å²) in [5.74, 6) is -0.672. The zero-order chi connectivity index (χ0) is 15.1. The van der Waals surface area contributed by atoms with E-state index in [4.69, 9.17) is 26.2 Å². The summed E-state index contributed by atoms with van der Waals surface area (Å²) in [4.78, 5) is 26.8. The van der Waals surface area contributed by atoms with Gasteiger partial charge in [0.2, 0.25) is 6.79 Å². The van der Waals surface area contributed by atoms with Crippen molar-refractivity contribution in [2.45, 2.75) is 6.92 Å². The highest BCUT2D eigenvalue weighted by atomic mass is 35.5. The number of aromatic carboxylic acids is 1. The van der Waals surface area contributed by atoms with Crippen molar-refractivity contribution < 1.29 is 24.2 Å². The quantitative estimate of drug-likeness (QED) is 0.873. The molecule has 0 atom stereocenters. The number of rotatable bonds is 3. The van der Waals surface area contributed by atoms with Gasteiger partial charge in [-0.25, -0.2) is 9.78 Å². The van der Waals surface area contributed by atoms with Gasteiger partial charge in [0, 0.05) is 12.5 Å². The molecule has 1 aromatic carbocycles. The number of halogens is 1. The Labute approximate surface area is 127 Å². The van der Waals surface area contributed by atoms with E-state index in [0.29, 0.717) is 27.1 Å². The van der Waals surface area contributed by atoms with Crippen molar-refractivity contribution in [2.24, 2.45) is 0 Å². The van der Waals surface area contributed by atoms with Crippen LogP contribution < -0.4 is 9.47 Å². The molecule has 108 valence electrons. The number of ketones is 1. The van der Waals surface area contributed by atoms with Gasteiger partial charge in [0.25, 0.3) is 0 Å². The fourth-order valence-electron chi connectivity index (χ4n) is 1.92. The summed E-state index contributed by atoms with van der Waals surface area (Å²) in [6.45, 7) is 1.38. The van der Waals surface area contributed by atoms with Crippen LogP contribution in [0.1, 0.15) is 27.1 Å². The molecule has 0 saturated heterocycles. The third-order valence-corrected chi connectivity index (χ3v) is 4.31. The second kappa shape index (κ2) is 5.01. The predicted octanol–water partition coefficient (Wildman–Crippen LogP) is 3.09. The summed E-state index contributed by atoms with van der Waals surface area (Å²) in [7, 11) is 0. The zero-order valence-electron chi connectivity index (χ0n) is 10.7. The van der Waals surface area contributed by atoms with Crippen LogP contribution in [0.15, 0.2) is 12.1 Å². The highest BCUT2D eigenvalue weighted by molar-refractivity contribution is 7.17. The molecule has 0 amide bonds. The molecule has 0 radical (unpaired) electrons. The molecule has 0 fully saturated rings. The summed E-state index contributed by atoms with van der Waals surface area (Å²) >= 11 is 7.09. The van der Waals surface area contributed by atoms with E-state index in [-0.39, 0.29) is 23.1 Å². The van der Waals surface area contributed by atoms with Gasteiger partial charge in [0.15, 0.2) is 23.0 Å². The van der Waals surface area contributed by atoms with Crippen molar-refractivity contribution in [2.75, 3.05) is 6.79 Å². The Morgan fingerprint density at radius 3 is 2.76 bits per heavy atom. The summed E-state index contributed by atoms with van der Waals surface area (Å²) in [6, 6.07) is 3.26. The first-order chi connectivity index (χ1) is 9.97. The highest BCUT2D eigenvalue weighted by Crippen LogP contribution is 2.43. The molecule has 3 rings (SSSR count). The van der Waals surface area contributed by atoms with Gasteiger partial charge in [0.1, 0.15) is 9.88 Å². The van der Waals surface area contributed by atoms with Crippen LogP contribution in [0.5, 0.6) is 11.5 Å². The molecule has 2 aromatic rings. The lowest BCUT2D eigenvalue weighted by molar-refractivity contribution is 0.0687. The van der Waals surface area contributed by atoms with Gasteiger partial charge in [-0.05, 0) is 12.1 Å². The topological polar surface area (TPSA) is 85.7 Å². The van der Waals surface area contributed by atoms with Crippen LogP contribution in [0.2, 0.25) is 5.02 Å². The third-order valence-electron chi connectivity index (χ3n) is 2.82. The van der Waals surface area contributed by atoms with Gasteiger partial charge in [-0.3, -0.25) is 4.79 Å². The Balaban J connectivity index is 2.13. The lowest BCUT2D eigenvalue weighted by Crippen LogP contribution is -2.03. The number of carbonyl (C=O) groups is 2. The molecule has 8 heteroatoms. The third kappa shape index (κ3) is 2.34. The van der Waals surface area contributed by atoms with E-state index in [1.54, 1.807) is 12.1 Å². The number of fused-ring (bicyclic) bond motifs is 1. The summed E-state index contributed by atoms with van der Waals surface area (Å²) in [5.41, 5.74) is 0.320. The van der Waals surface area contributed by atoms with Crippen LogP contribution in [-0.2, 0) is 0 Å². The number of nitrogens with zero attached hydrogens (tertiary/aromatic N) is 1. The SMILES string of the molecule is CC(=O)c1sc(-c2cc(Cl)c3c(c2)OCO3)nc1C(=O)O. The molecule has 0 saturated carbocycles. The van der Waals surface area contributed by atoms with Gasteiger partial charge in [-0.1, -0.05) is 11.6 Å². The zero-order valence-corrected chi connectivity index (χ0v) is 12.2. The molecule has 0 aliphatic carbocycles. The number of hydrogen-bond acceptors (Lipinski definition) is 6. The van der Waals surface area contributed by atoms with Gasteiger partial charge in [-0.15, -0.1) is 11.3 Å². The minimum Gasteiger partial charge on any atom is -0.476 e. The number of hydrogen-bond donors (Lipinski definition) is 1. The first-order valence-electron chi connectivity index (χ1n) is 5.82. The van der Waals surface area contributed by atoms with Crippen molar-refractivity contribution in [3.05, 3.63) is 27.7 Å². The van der Waals surface area contributed by atoms with Crippen LogP contribution in [0.3, 0.4) is 0 Å². The Bertz CT molecular complexity index is 739. The van der Waals surface area contributed by atoms with Gasteiger partial charge in [0.05, 0.1) is 5.02 Å². The number of thiazole rings is 1. The van der Waals surface area contributed by atoms with Crippen LogP contribution in [0, 0.1) is 0 Å². The second-order valence-corrected chi connectivity index (χ2v) is 5.66. The molecule has 1 aliphatic heterocycles. The first kappa shape index (κ1) is 13.8. The monoisotopic (exact) mass is 325 g/mol. The molecular weight excluding hydrogens is 318 g/mol. The van der Waals surface area contributed by atoms with E-state index in [0.717, 1.165) is 11.3 Å². The van der Waals surface area contributed by atoms with Crippen molar-refractivity contribution in [3.8, 4) is 22.1 Å². The fraction of sp³-hybridized carbons (Fsp3) is 0.154. The summed E-state index contributed by atoms with van der Waals surface area (Å²) < 4.78 is 10.5. The first-order valence-corrected chi connectivity index (χ1v) is 7.01. The lowest BCUT2D eigenvalue weighted by atomic mass is 10.2. The van der Waals surface area contributed by atoms with E-state index in [2.05, 4.69) is 4.98 Å². The Hall–Kier alpha value is -2.12. The Morgan fingerprint density at radius 2 is 2.14 bits per heavy atom.